The Kier molecular flexibility index (Phi) is 3.99. The largest absolute Gasteiger partial charge is 0.297 e. The van der Waals surface area contributed by atoms with Crippen LogP contribution in [0.5, 0.6) is 0 Å². The second-order valence-corrected chi connectivity index (χ2v) is 7.82. The van der Waals surface area contributed by atoms with Gasteiger partial charge in [-0.1, -0.05) is 43.9 Å². The highest BCUT2D eigenvalue weighted by Gasteiger charge is 2.26. The van der Waals surface area contributed by atoms with E-state index in [2.05, 4.69) is 10.2 Å². The number of rotatable bonds is 4. The third-order valence-corrected chi connectivity index (χ3v) is 4.99. The summed E-state index contributed by atoms with van der Waals surface area (Å²) in [6, 6.07) is 9.22. The summed E-state index contributed by atoms with van der Waals surface area (Å²) in [5.41, 5.74) is 0.717. The molecule has 1 aromatic heterocycles. The highest BCUT2D eigenvalue weighted by atomic mass is 35.7. The highest BCUT2D eigenvalue weighted by molar-refractivity contribution is 8.13. The SMILES string of the molecule is O=S(=O)(Cl)c1nnc(CC2CCCC2)n1-c1ccccc1. The van der Waals surface area contributed by atoms with Crippen molar-refractivity contribution < 1.29 is 8.42 Å². The van der Waals surface area contributed by atoms with E-state index in [1.165, 1.54) is 12.8 Å². The second kappa shape index (κ2) is 5.77. The van der Waals surface area contributed by atoms with Crippen LogP contribution in [0.1, 0.15) is 31.5 Å². The minimum Gasteiger partial charge on any atom is -0.269 e. The van der Waals surface area contributed by atoms with E-state index >= 15 is 0 Å². The molecule has 7 heteroatoms. The summed E-state index contributed by atoms with van der Waals surface area (Å²) in [5.74, 6) is 1.20. The van der Waals surface area contributed by atoms with E-state index in [0.717, 1.165) is 24.9 Å². The third kappa shape index (κ3) is 3.11. The Balaban J connectivity index is 2.06. The molecule has 0 unspecified atom stereocenters. The van der Waals surface area contributed by atoms with Gasteiger partial charge in [-0.05, 0) is 18.1 Å². The second-order valence-electron chi connectivity index (χ2n) is 5.36. The van der Waals surface area contributed by atoms with E-state index < -0.39 is 9.05 Å². The molecule has 112 valence electrons. The van der Waals surface area contributed by atoms with Gasteiger partial charge < -0.3 is 0 Å². The lowest BCUT2D eigenvalue weighted by atomic mass is 10.0. The van der Waals surface area contributed by atoms with Gasteiger partial charge in [-0.15, -0.1) is 10.2 Å². The fourth-order valence-electron chi connectivity index (χ4n) is 2.90. The fraction of sp³-hybridized carbons (Fsp3) is 0.429. The van der Waals surface area contributed by atoms with E-state index in [9.17, 15) is 8.42 Å². The molecular formula is C14H16ClN3O2S. The molecule has 0 amide bonds. The quantitative estimate of drug-likeness (QED) is 0.811. The Bertz CT molecular complexity index is 722. The fourth-order valence-corrected chi connectivity index (χ4v) is 3.77. The molecule has 1 aliphatic carbocycles. The molecule has 0 atom stereocenters. The van der Waals surface area contributed by atoms with E-state index in [1.807, 2.05) is 30.3 Å². The summed E-state index contributed by atoms with van der Waals surface area (Å²) >= 11 is 0. The van der Waals surface area contributed by atoms with Crippen LogP contribution in [-0.4, -0.2) is 23.2 Å². The standard InChI is InChI=1S/C14H16ClN3O2S/c15-21(19,20)14-17-16-13(10-11-6-4-5-7-11)18(14)12-8-2-1-3-9-12/h1-3,8-9,11H,4-7,10H2. The average molecular weight is 326 g/mol. The predicted octanol–water partition coefficient (Wildman–Crippen LogP) is 2.93. The van der Waals surface area contributed by atoms with Crippen molar-refractivity contribution in [1.82, 2.24) is 14.8 Å². The Morgan fingerprint density at radius 2 is 1.81 bits per heavy atom. The van der Waals surface area contributed by atoms with E-state index in [4.69, 9.17) is 10.7 Å². The molecule has 0 spiro atoms. The van der Waals surface area contributed by atoms with Crippen molar-refractivity contribution in [2.45, 2.75) is 37.3 Å². The Morgan fingerprint density at radius 3 is 2.43 bits per heavy atom. The molecule has 1 aromatic carbocycles. The van der Waals surface area contributed by atoms with Gasteiger partial charge in [0.2, 0.25) is 0 Å². The van der Waals surface area contributed by atoms with Crippen molar-refractivity contribution in [3.05, 3.63) is 36.2 Å². The van der Waals surface area contributed by atoms with Crippen LogP contribution in [0.3, 0.4) is 0 Å². The van der Waals surface area contributed by atoms with Crippen LogP contribution in [0.2, 0.25) is 0 Å². The van der Waals surface area contributed by atoms with Gasteiger partial charge in [-0.25, -0.2) is 8.42 Å². The molecule has 0 bridgehead atoms. The first kappa shape index (κ1) is 14.5. The van der Waals surface area contributed by atoms with Gasteiger partial charge in [0.1, 0.15) is 5.82 Å². The minimum absolute atomic E-state index is 0.205. The van der Waals surface area contributed by atoms with Crippen LogP contribution in [0.15, 0.2) is 35.5 Å². The van der Waals surface area contributed by atoms with E-state index in [1.54, 1.807) is 4.57 Å². The Hall–Kier alpha value is -1.40. The first-order valence-electron chi connectivity index (χ1n) is 7.00. The van der Waals surface area contributed by atoms with Crippen molar-refractivity contribution in [3.8, 4) is 5.69 Å². The average Bonchev–Trinajstić information content (AvgIpc) is 3.09. The molecule has 1 saturated carbocycles. The molecule has 5 nitrogen and oxygen atoms in total. The predicted molar refractivity (Wildman–Crippen MR) is 80.1 cm³/mol. The van der Waals surface area contributed by atoms with Crippen LogP contribution in [-0.2, 0) is 15.5 Å². The first-order chi connectivity index (χ1) is 10.1. The molecule has 1 fully saturated rings. The Labute approximate surface area is 128 Å². The lowest BCUT2D eigenvalue weighted by molar-refractivity contribution is 0.523. The van der Waals surface area contributed by atoms with Crippen molar-refractivity contribution >= 4 is 19.7 Å². The summed E-state index contributed by atoms with van der Waals surface area (Å²) in [4.78, 5) is 0. The van der Waals surface area contributed by atoms with Crippen molar-refractivity contribution in [3.63, 3.8) is 0 Å². The van der Waals surface area contributed by atoms with Gasteiger partial charge >= 0.3 is 0 Å². The third-order valence-electron chi connectivity index (χ3n) is 3.88. The van der Waals surface area contributed by atoms with Crippen LogP contribution >= 0.6 is 10.7 Å². The maximum absolute atomic E-state index is 11.7. The lowest BCUT2D eigenvalue weighted by Crippen LogP contribution is -2.10. The number of nitrogens with zero attached hydrogens (tertiary/aromatic N) is 3. The lowest BCUT2D eigenvalue weighted by Gasteiger charge is -2.11. The van der Waals surface area contributed by atoms with Crippen LogP contribution in [0.25, 0.3) is 5.69 Å². The number of hydrogen-bond donors (Lipinski definition) is 0. The molecule has 0 radical (unpaired) electrons. The number of para-hydroxylation sites is 1. The van der Waals surface area contributed by atoms with Crippen molar-refractivity contribution in [1.29, 1.82) is 0 Å². The molecule has 1 aliphatic rings. The van der Waals surface area contributed by atoms with E-state index in [0.29, 0.717) is 11.7 Å². The zero-order valence-corrected chi connectivity index (χ0v) is 13.0. The summed E-state index contributed by atoms with van der Waals surface area (Å²) in [5, 5.41) is 7.67. The summed E-state index contributed by atoms with van der Waals surface area (Å²) < 4.78 is 25.0. The first-order valence-corrected chi connectivity index (χ1v) is 9.31. The zero-order chi connectivity index (χ0) is 14.9. The van der Waals surface area contributed by atoms with Crippen LogP contribution < -0.4 is 0 Å². The topological polar surface area (TPSA) is 64.8 Å². The normalized spacial score (nSPS) is 16.4. The van der Waals surface area contributed by atoms with Gasteiger partial charge in [0.05, 0.1) is 0 Å². The smallest absolute Gasteiger partial charge is 0.269 e. The molecule has 0 aliphatic heterocycles. The van der Waals surface area contributed by atoms with Crippen LogP contribution in [0.4, 0.5) is 0 Å². The minimum atomic E-state index is -3.93. The molecule has 0 N–H and O–H groups in total. The monoisotopic (exact) mass is 325 g/mol. The van der Waals surface area contributed by atoms with Gasteiger partial charge in [0.15, 0.2) is 0 Å². The molecule has 21 heavy (non-hydrogen) atoms. The molecule has 0 saturated heterocycles. The highest BCUT2D eigenvalue weighted by Crippen LogP contribution is 2.29. The number of halogens is 1. The summed E-state index contributed by atoms with van der Waals surface area (Å²) in [7, 11) is 1.56. The number of benzene rings is 1. The number of hydrogen-bond acceptors (Lipinski definition) is 4. The summed E-state index contributed by atoms with van der Waals surface area (Å²) in [6.07, 6.45) is 5.50. The molecule has 3 rings (SSSR count). The van der Waals surface area contributed by atoms with Gasteiger partial charge in [-0.2, -0.15) is 0 Å². The van der Waals surface area contributed by atoms with Gasteiger partial charge in [0.25, 0.3) is 14.2 Å². The van der Waals surface area contributed by atoms with E-state index in [-0.39, 0.29) is 5.16 Å². The molecular weight excluding hydrogens is 310 g/mol. The number of aromatic nitrogens is 3. The maximum Gasteiger partial charge on any atom is 0.297 e. The van der Waals surface area contributed by atoms with Crippen LogP contribution in [0, 0.1) is 5.92 Å². The Morgan fingerprint density at radius 1 is 1.14 bits per heavy atom. The maximum atomic E-state index is 11.7. The van der Waals surface area contributed by atoms with Gasteiger partial charge in [-0.3, -0.25) is 4.57 Å². The summed E-state index contributed by atoms with van der Waals surface area (Å²) in [6.45, 7) is 0. The van der Waals surface area contributed by atoms with Crippen molar-refractivity contribution in [2.24, 2.45) is 5.92 Å². The van der Waals surface area contributed by atoms with Gasteiger partial charge in [0, 0.05) is 22.8 Å². The van der Waals surface area contributed by atoms with Crippen molar-refractivity contribution in [2.75, 3.05) is 0 Å². The zero-order valence-electron chi connectivity index (χ0n) is 11.4. The molecule has 2 aromatic rings. The molecule has 1 heterocycles.